The molecule has 1 amide bonds. The largest absolute Gasteiger partial charge is 0.467 e. The molecule has 4 N–H and O–H groups in total. The Balaban J connectivity index is 1.72. The first-order chi connectivity index (χ1) is 11.5. The summed E-state index contributed by atoms with van der Waals surface area (Å²) >= 11 is 5.08. The zero-order chi connectivity index (χ0) is 17.5. The van der Waals surface area contributed by atoms with Crippen LogP contribution in [0.4, 0.5) is 5.69 Å². The molecule has 0 atom stereocenters. The maximum atomic E-state index is 11.9. The van der Waals surface area contributed by atoms with Crippen LogP contribution in [0, 0.1) is 20.8 Å². The van der Waals surface area contributed by atoms with Gasteiger partial charge in [-0.15, -0.1) is 0 Å². The lowest BCUT2D eigenvalue weighted by Crippen LogP contribution is -2.48. The third-order valence-electron chi connectivity index (χ3n) is 3.42. The Bertz CT molecular complexity index is 690. The van der Waals surface area contributed by atoms with Crippen molar-refractivity contribution in [2.45, 2.75) is 27.3 Å². The Morgan fingerprint density at radius 3 is 2.50 bits per heavy atom. The summed E-state index contributed by atoms with van der Waals surface area (Å²) in [6.07, 6.45) is 1.59. The number of aryl methyl sites for hydroxylation is 3. The lowest BCUT2D eigenvalue weighted by atomic mass is 10.1. The molecule has 0 fully saturated rings. The van der Waals surface area contributed by atoms with Gasteiger partial charge in [-0.1, -0.05) is 17.7 Å². The summed E-state index contributed by atoms with van der Waals surface area (Å²) in [4.78, 5) is 11.9. The minimum atomic E-state index is -0.212. The number of benzene rings is 1. The van der Waals surface area contributed by atoms with Crippen molar-refractivity contribution in [2.75, 3.05) is 11.9 Å². The Hall–Kier alpha value is -2.54. The lowest BCUT2D eigenvalue weighted by molar-refractivity contribution is -0.119. The SMILES string of the molecule is Cc1cc(C)c(NCC(=O)NNC(=S)NCc2ccco2)c(C)c1. The Morgan fingerprint density at radius 2 is 1.88 bits per heavy atom. The number of hydrogen-bond acceptors (Lipinski definition) is 4. The van der Waals surface area contributed by atoms with E-state index in [9.17, 15) is 4.79 Å². The molecule has 0 bridgehead atoms. The summed E-state index contributed by atoms with van der Waals surface area (Å²) in [6.45, 7) is 6.70. The van der Waals surface area contributed by atoms with E-state index in [1.54, 1.807) is 12.3 Å². The van der Waals surface area contributed by atoms with Crippen LogP contribution in [-0.4, -0.2) is 17.6 Å². The predicted octanol–water partition coefficient (Wildman–Crippen LogP) is 2.31. The van der Waals surface area contributed by atoms with Crippen LogP contribution in [0.15, 0.2) is 34.9 Å². The van der Waals surface area contributed by atoms with Gasteiger partial charge in [-0.3, -0.25) is 15.6 Å². The molecule has 128 valence electrons. The fourth-order valence-corrected chi connectivity index (χ4v) is 2.55. The summed E-state index contributed by atoms with van der Waals surface area (Å²) in [7, 11) is 0. The molecule has 0 aliphatic carbocycles. The van der Waals surface area contributed by atoms with Crippen LogP contribution < -0.4 is 21.5 Å². The molecule has 0 spiro atoms. The van der Waals surface area contributed by atoms with Gasteiger partial charge in [0.1, 0.15) is 5.76 Å². The van der Waals surface area contributed by atoms with Gasteiger partial charge in [0, 0.05) is 5.69 Å². The summed E-state index contributed by atoms with van der Waals surface area (Å²) < 4.78 is 5.18. The summed E-state index contributed by atoms with van der Waals surface area (Å²) in [5.41, 5.74) is 9.62. The van der Waals surface area contributed by atoms with E-state index in [0.717, 1.165) is 22.6 Å². The molecular weight excluding hydrogens is 324 g/mol. The highest BCUT2D eigenvalue weighted by Gasteiger charge is 2.07. The summed E-state index contributed by atoms with van der Waals surface area (Å²) in [5.74, 6) is 0.550. The van der Waals surface area contributed by atoms with E-state index in [0.29, 0.717) is 11.7 Å². The molecule has 0 aliphatic rings. The fraction of sp³-hybridized carbons (Fsp3) is 0.294. The second-order valence-corrected chi connectivity index (χ2v) is 5.97. The number of nitrogens with one attached hydrogen (secondary N) is 4. The number of rotatable bonds is 5. The van der Waals surface area contributed by atoms with Crippen molar-refractivity contribution in [3.63, 3.8) is 0 Å². The van der Waals surface area contributed by atoms with Crippen LogP contribution in [0.25, 0.3) is 0 Å². The quantitative estimate of drug-likeness (QED) is 0.492. The van der Waals surface area contributed by atoms with E-state index in [2.05, 4.69) is 40.5 Å². The first kappa shape index (κ1) is 17.8. The van der Waals surface area contributed by atoms with Crippen molar-refractivity contribution in [1.82, 2.24) is 16.2 Å². The van der Waals surface area contributed by atoms with Gasteiger partial charge in [-0.05, 0) is 56.2 Å². The van der Waals surface area contributed by atoms with Gasteiger partial charge in [-0.25, -0.2) is 0 Å². The number of carbonyl (C=O) groups is 1. The molecule has 2 rings (SSSR count). The van der Waals surface area contributed by atoms with Crippen LogP contribution in [-0.2, 0) is 11.3 Å². The highest BCUT2D eigenvalue weighted by atomic mass is 32.1. The van der Waals surface area contributed by atoms with Crippen LogP contribution in [0.2, 0.25) is 0 Å². The highest BCUT2D eigenvalue weighted by Crippen LogP contribution is 2.21. The van der Waals surface area contributed by atoms with Crippen molar-refractivity contribution in [2.24, 2.45) is 0 Å². The monoisotopic (exact) mass is 346 g/mol. The fourth-order valence-electron chi connectivity index (χ4n) is 2.42. The molecule has 1 aromatic carbocycles. The van der Waals surface area contributed by atoms with Gasteiger partial charge in [0.15, 0.2) is 5.11 Å². The van der Waals surface area contributed by atoms with Gasteiger partial charge in [0.2, 0.25) is 0 Å². The Morgan fingerprint density at radius 1 is 1.17 bits per heavy atom. The molecule has 1 heterocycles. The van der Waals surface area contributed by atoms with Gasteiger partial charge in [0.05, 0.1) is 19.4 Å². The number of amides is 1. The number of carbonyl (C=O) groups excluding carboxylic acids is 1. The summed E-state index contributed by atoms with van der Waals surface area (Å²) in [6, 6.07) is 7.80. The predicted molar refractivity (Wildman–Crippen MR) is 98.6 cm³/mol. The average Bonchev–Trinajstić information content (AvgIpc) is 3.03. The number of hydrogen-bond donors (Lipinski definition) is 4. The van der Waals surface area contributed by atoms with E-state index < -0.39 is 0 Å². The summed E-state index contributed by atoms with van der Waals surface area (Å²) in [5, 5.41) is 6.41. The minimum absolute atomic E-state index is 0.151. The maximum absolute atomic E-state index is 11.9. The third kappa shape index (κ3) is 5.27. The van der Waals surface area contributed by atoms with Crippen LogP contribution in [0.3, 0.4) is 0 Å². The number of furan rings is 1. The molecule has 24 heavy (non-hydrogen) atoms. The molecule has 6 nitrogen and oxygen atoms in total. The standard InChI is InChI=1S/C17H22N4O2S/c1-11-7-12(2)16(13(3)8-11)18-10-15(22)20-21-17(24)19-9-14-5-4-6-23-14/h4-8,18H,9-10H2,1-3H3,(H,20,22)(H2,19,21,24). The van der Waals surface area contributed by atoms with Gasteiger partial charge in [-0.2, -0.15) is 0 Å². The Kier molecular flexibility index (Phi) is 6.20. The van der Waals surface area contributed by atoms with Crippen molar-refractivity contribution in [3.8, 4) is 0 Å². The highest BCUT2D eigenvalue weighted by molar-refractivity contribution is 7.80. The molecule has 7 heteroatoms. The minimum Gasteiger partial charge on any atom is -0.467 e. The molecule has 0 unspecified atom stereocenters. The van der Waals surface area contributed by atoms with Crippen molar-refractivity contribution >= 4 is 28.9 Å². The molecule has 0 saturated heterocycles. The first-order valence-electron chi connectivity index (χ1n) is 7.62. The zero-order valence-corrected chi connectivity index (χ0v) is 14.8. The molecular formula is C17H22N4O2S. The van der Waals surface area contributed by atoms with Gasteiger partial charge >= 0.3 is 0 Å². The van der Waals surface area contributed by atoms with E-state index in [4.69, 9.17) is 16.6 Å². The topological polar surface area (TPSA) is 78.3 Å². The second-order valence-electron chi connectivity index (χ2n) is 5.56. The lowest BCUT2D eigenvalue weighted by Gasteiger charge is -2.15. The van der Waals surface area contributed by atoms with E-state index in [1.807, 2.05) is 19.9 Å². The van der Waals surface area contributed by atoms with Gasteiger partial charge in [0.25, 0.3) is 5.91 Å². The molecule has 0 saturated carbocycles. The smallest absolute Gasteiger partial charge is 0.257 e. The second kappa shape index (κ2) is 8.35. The average molecular weight is 346 g/mol. The van der Waals surface area contributed by atoms with E-state index in [-0.39, 0.29) is 12.5 Å². The molecule has 0 radical (unpaired) electrons. The zero-order valence-electron chi connectivity index (χ0n) is 14.0. The van der Waals surface area contributed by atoms with E-state index >= 15 is 0 Å². The van der Waals surface area contributed by atoms with E-state index in [1.165, 1.54) is 5.56 Å². The van der Waals surface area contributed by atoms with Crippen LogP contribution in [0.5, 0.6) is 0 Å². The third-order valence-corrected chi connectivity index (χ3v) is 3.67. The van der Waals surface area contributed by atoms with Crippen LogP contribution >= 0.6 is 12.2 Å². The molecule has 2 aromatic rings. The normalized spacial score (nSPS) is 10.1. The Labute approximate surface area is 147 Å². The maximum Gasteiger partial charge on any atom is 0.257 e. The number of hydrazine groups is 1. The van der Waals surface area contributed by atoms with Crippen molar-refractivity contribution < 1.29 is 9.21 Å². The first-order valence-corrected chi connectivity index (χ1v) is 8.03. The number of thiocarbonyl (C=S) groups is 1. The van der Waals surface area contributed by atoms with Crippen molar-refractivity contribution in [1.29, 1.82) is 0 Å². The molecule has 1 aromatic heterocycles. The van der Waals surface area contributed by atoms with Crippen LogP contribution in [0.1, 0.15) is 22.5 Å². The number of anilines is 1. The van der Waals surface area contributed by atoms with Gasteiger partial charge < -0.3 is 15.1 Å². The molecule has 0 aliphatic heterocycles. The van der Waals surface area contributed by atoms with Crippen molar-refractivity contribution in [3.05, 3.63) is 53.0 Å².